The van der Waals surface area contributed by atoms with Crippen molar-refractivity contribution in [2.75, 3.05) is 5.32 Å². The number of fused-ring (bicyclic) bond motifs is 1. The van der Waals surface area contributed by atoms with Gasteiger partial charge in [0.1, 0.15) is 0 Å². The molecule has 0 saturated heterocycles. The normalized spacial score (nSPS) is 11.8. The van der Waals surface area contributed by atoms with Crippen molar-refractivity contribution in [1.29, 1.82) is 0 Å². The number of aromatic nitrogens is 3. The Hall–Kier alpha value is -2.86. The molecule has 0 aliphatic heterocycles. The highest BCUT2D eigenvalue weighted by atomic mass is 35.6. The largest absolute Gasteiger partial charge is 0.331 e. The molecule has 0 atom stereocenters. The average Bonchev–Trinajstić information content (AvgIpc) is 3.18. The summed E-state index contributed by atoms with van der Waals surface area (Å²) in [6.45, 7) is 0. The molecule has 1 amide bonds. The number of nitrogens with one attached hydrogen (secondary N) is 1. The number of para-hydroxylation sites is 1. The van der Waals surface area contributed by atoms with Crippen molar-refractivity contribution >= 4 is 69.6 Å². The molecule has 0 aliphatic carbocycles. The molecule has 0 saturated carbocycles. The number of carbonyl (C=O) groups excluding carboxylic acids is 1. The molecule has 4 rings (SSSR count). The first kappa shape index (κ1) is 20.4. The third kappa shape index (κ3) is 4.49. The van der Waals surface area contributed by atoms with Crippen LogP contribution in [0.4, 0.5) is 10.5 Å². The van der Waals surface area contributed by atoms with Crippen LogP contribution in [-0.2, 0) is 3.79 Å². The summed E-state index contributed by atoms with van der Waals surface area (Å²) >= 11 is 18.2. The summed E-state index contributed by atoms with van der Waals surface area (Å²) in [5.74, 6) is -0.00842. The zero-order valence-corrected chi connectivity index (χ0v) is 17.7. The lowest BCUT2D eigenvalue weighted by Crippen LogP contribution is -2.24. The number of pyridine rings is 1. The van der Waals surface area contributed by atoms with Gasteiger partial charge in [-0.1, -0.05) is 89.4 Å². The third-order valence-corrected chi connectivity index (χ3v) is 4.82. The second-order valence-corrected chi connectivity index (χ2v) is 8.69. The van der Waals surface area contributed by atoms with E-state index in [4.69, 9.17) is 34.8 Å². The Balaban J connectivity index is 1.67. The highest BCUT2D eigenvalue weighted by Crippen LogP contribution is 2.37. The number of nitrogens with zero attached hydrogens (tertiary/aromatic N) is 3. The number of imidazole rings is 1. The van der Waals surface area contributed by atoms with Crippen LogP contribution in [0.25, 0.3) is 23.1 Å². The summed E-state index contributed by atoms with van der Waals surface area (Å²) in [4.78, 5) is 21.7. The topological polar surface area (TPSA) is 59.8 Å². The monoisotopic (exact) mass is 456 g/mol. The molecule has 2 heterocycles. The molecular weight excluding hydrogens is 443 g/mol. The first-order chi connectivity index (χ1) is 14.4. The van der Waals surface area contributed by atoms with Gasteiger partial charge in [-0.05, 0) is 23.8 Å². The van der Waals surface area contributed by atoms with Crippen molar-refractivity contribution in [3.05, 3.63) is 90.1 Å². The van der Waals surface area contributed by atoms with E-state index in [1.54, 1.807) is 18.3 Å². The van der Waals surface area contributed by atoms with Gasteiger partial charge in [0.05, 0.1) is 16.9 Å². The molecule has 2 aromatic heterocycles. The predicted octanol–water partition coefficient (Wildman–Crippen LogP) is 6.51. The molecule has 5 nitrogen and oxygen atoms in total. The zero-order chi connectivity index (χ0) is 21.1. The van der Waals surface area contributed by atoms with Gasteiger partial charge in [-0.25, -0.2) is 9.78 Å². The van der Waals surface area contributed by atoms with Crippen molar-refractivity contribution in [3.8, 4) is 0 Å². The van der Waals surface area contributed by atoms with Crippen LogP contribution in [-0.4, -0.2) is 20.6 Å². The van der Waals surface area contributed by atoms with Gasteiger partial charge >= 0.3 is 6.03 Å². The summed E-state index contributed by atoms with van der Waals surface area (Å²) in [7, 11) is 0. The fourth-order valence-electron chi connectivity index (χ4n) is 2.96. The lowest BCUT2D eigenvalue weighted by Gasteiger charge is -2.14. The standard InChI is InChI=1S/C22H15Cl3N4O/c23-22(24,25)20-27-17(12-11-15-6-2-1-3-7-15)14-29(20)21(30)28-18-10-4-8-16-9-5-13-26-19(16)18/h1-14H,(H,28,30)/b12-11+. The number of hydrogen-bond donors (Lipinski definition) is 1. The summed E-state index contributed by atoms with van der Waals surface area (Å²) in [6, 6.07) is 18.4. The smallest absolute Gasteiger partial charge is 0.305 e. The zero-order valence-electron chi connectivity index (χ0n) is 15.5. The van der Waals surface area contributed by atoms with Crippen molar-refractivity contribution in [2.45, 2.75) is 3.79 Å². The molecule has 30 heavy (non-hydrogen) atoms. The van der Waals surface area contributed by atoms with Crippen molar-refractivity contribution in [2.24, 2.45) is 0 Å². The second kappa shape index (κ2) is 8.48. The highest BCUT2D eigenvalue weighted by molar-refractivity contribution is 6.66. The minimum absolute atomic E-state index is 0.00842. The van der Waals surface area contributed by atoms with Crippen molar-refractivity contribution < 1.29 is 4.79 Å². The van der Waals surface area contributed by atoms with E-state index < -0.39 is 9.82 Å². The maximum atomic E-state index is 13.0. The van der Waals surface area contributed by atoms with Crippen LogP contribution in [0.15, 0.2) is 73.1 Å². The van der Waals surface area contributed by atoms with Gasteiger partial charge in [0.2, 0.25) is 3.79 Å². The molecule has 8 heteroatoms. The van der Waals surface area contributed by atoms with Gasteiger partial charge in [-0.15, -0.1) is 0 Å². The number of hydrogen-bond acceptors (Lipinski definition) is 3. The molecule has 0 spiro atoms. The van der Waals surface area contributed by atoms with E-state index in [0.29, 0.717) is 16.9 Å². The number of anilines is 1. The minimum atomic E-state index is -1.88. The van der Waals surface area contributed by atoms with Crippen LogP contribution in [0.5, 0.6) is 0 Å². The number of halogens is 3. The van der Waals surface area contributed by atoms with Crippen LogP contribution in [0, 0.1) is 0 Å². The molecule has 150 valence electrons. The summed E-state index contributed by atoms with van der Waals surface area (Å²) in [5.41, 5.74) is 2.66. The van der Waals surface area contributed by atoms with E-state index in [0.717, 1.165) is 10.9 Å². The van der Waals surface area contributed by atoms with E-state index in [-0.39, 0.29) is 5.82 Å². The van der Waals surface area contributed by atoms with Crippen LogP contribution in [0.1, 0.15) is 17.1 Å². The average molecular weight is 458 g/mol. The Bertz CT molecular complexity index is 1220. The van der Waals surface area contributed by atoms with E-state index in [1.165, 1.54) is 10.8 Å². The number of rotatable bonds is 3. The summed E-state index contributed by atoms with van der Waals surface area (Å²) in [6.07, 6.45) is 6.79. The fraction of sp³-hybridized carbons (Fsp3) is 0.0455. The molecular formula is C22H15Cl3N4O. The molecule has 0 bridgehead atoms. The molecule has 0 radical (unpaired) electrons. The van der Waals surface area contributed by atoms with Crippen LogP contribution >= 0.6 is 34.8 Å². The molecule has 0 fully saturated rings. The van der Waals surface area contributed by atoms with Crippen molar-refractivity contribution in [1.82, 2.24) is 14.5 Å². The van der Waals surface area contributed by atoms with Gasteiger partial charge in [0.15, 0.2) is 5.82 Å². The number of alkyl halides is 3. The lowest BCUT2D eigenvalue weighted by molar-refractivity contribution is 0.253. The van der Waals surface area contributed by atoms with Gasteiger partial charge in [0, 0.05) is 17.8 Å². The second-order valence-electron chi connectivity index (χ2n) is 6.41. The number of carbonyl (C=O) groups is 1. The van der Waals surface area contributed by atoms with Gasteiger partial charge < -0.3 is 5.32 Å². The van der Waals surface area contributed by atoms with Gasteiger partial charge in [0.25, 0.3) is 0 Å². The summed E-state index contributed by atoms with van der Waals surface area (Å²) < 4.78 is -0.688. The SMILES string of the molecule is O=C(Nc1cccc2cccnc12)n1cc(/C=C/c2ccccc2)nc1C(Cl)(Cl)Cl. The Labute approximate surface area is 187 Å². The van der Waals surface area contributed by atoms with E-state index in [2.05, 4.69) is 15.3 Å². The van der Waals surface area contributed by atoms with E-state index in [9.17, 15) is 4.79 Å². The van der Waals surface area contributed by atoms with E-state index in [1.807, 2.05) is 60.7 Å². The number of benzene rings is 2. The van der Waals surface area contributed by atoms with Gasteiger partial charge in [-0.2, -0.15) is 0 Å². The lowest BCUT2D eigenvalue weighted by atomic mass is 10.2. The Morgan fingerprint density at radius 3 is 2.50 bits per heavy atom. The van der Waals surface area contributed by atoms with Gasteiger partial charge in [-0.3, -0.25) is 9.55 Å². The quantitative estimate of drug-likeness (QED) is 0.357. The first-order valence-corrected chi connectivity index (χ1v) is 10.1. The Morgan fingerprint density at radius 1 is 0.967 bits per heavy atom. The highest BCUT2D eigenvalue weighted by Gasteiger charge is 2.31. The maximum absolute atomic E-state index is 13.0. The predicted molar refractivity (Wildman–Crippen MR) is 123 cm³/mol. The van der Waals surface area contributed by atoms with Crippen LogP contribution in [0.3, 0.4) is 0 Å². The van der Waals surface area contributed by atoms with Crippen LogP contribution < -0.4 is 5.32 Å². The third-order valence-electron chi connectivity index (χ3n) is 4.32. The van der Waals surface area contributed by atoms with Crippen LogP contribution in [0.2, 0.25) is 0 Å². The Morgan fingerprint density at radius 2 is 1.73 bits per heavy atom. The minimum Gasteiger partial charge on any atom is -0.305 e. The van der Waals surface area contributed by atoms with E-state index >= 15 is 0 Å². The molecule has 1 N–H and O–H groups in total. The number of amides is 1. The summed E-state index contributed by atoms with van der Waals surface area (Å²) in [5, 5.41) is 3.72. The maximum Gasteiger partial charge on any atom is 0.331 e. The molecule has 0 aliphatic rings. The molecule has 4 aromatic rings. The first-order valence-electron chi connectivity index (χ1n) is 8.96. The fourth-order valence-corrected chi connectivity index (χ4v) is 3.36. The van der Waals surface area contributed by atoms with Crippen molar-refractivity contribution in [3.63, 3.8) is 0 Å². The molecule has 2 aromatic carbocycles. The molecule has 0 unspecified atom stereocenters. The Kier molecular flexibility index (Phi) is 5.77.